The Bertz CT molecular complexity index is 634. The van der Waals surface area contributed by atoms with E-state index in [4.69, 9.17) is 0 Å². The van der Waals surface area contributed by atoms with Crippen LogP contribution in [0.1, 0.15) is 35.7 Å². The maximum atomic E-state index is 12.4. The lowest BCUT2D eigenvalue weighted by atomic mass is 10.1. The highest BCUT2D eigenvalue weighted by atomic mass is 16.2. The van der Waals surface area contributed by atoms with Crippen molar-refractivity contribution in [3.8, 4) is 0 Å². The van der Waals surface area contributed by atoms with Crippen LogP contribution < -0.4 is 4.90 Å². The maximum absolute atomic E-state index is 12.4. The van der Waals surface area contributed by atoms with Gasteiger partial charge in [0, 0.05) is 12.6 Å². The van der Waals surface area contributed by atoms with Gasteiger partial charge in [0.2, 0.25) is 5.91 Å². The Morgan fingerprint density at radius 2 is 2.05 bits per heavy atom. The van der Waals surface area contributed by atoms with Crippen LogP contribution in [-0.2, 0) is 9.59 Å². The van der Waals surface area contributed by atoms with Gasteiger partial charge in [0.15, 0.2) is 0 Å². The SMILES string of the molecule is CCN(C(=O)CN1C(=O)C(=O)c2cccc(C)c21)C1CC1. The van der Waals surface area contributed by atoms with E-state index in [1.54, 1.807) is 17.0 Å². The molecule has 1 saturated carbocycles. The average Bonchev–Trinajstić information content (AvgIpc) is 3.25. The van der Waals surface area contributed by atoms with Crippen molar-refractivity contribution in [3.63, 3.8) is 0 Å². The van der Waals surface area contributed by atoms with E-state index < -0.39 is 11.7 Å². The predicted molar refractivity (Wildman–Crippen MR) is 78.3 cm³/mol. The summed E-state index contributed by atoms with van der Waals surface area (Å²) in [7, 11) is 0. The molecule has 110 valence electrons. The molecule has 1 aromatic carbocycles. The van der Waals surface area contributed by atoms with Gasteiger partial charge in [0.05, 0.1) is 11.3 Å². The van der Waals surface area contributed by atoms with Gasteiger partial charge in [-0.25, -0.2) is 0 Å². The van der Waals surface area contributed by atoms with Crippen LogP contribution in [0.5, 0.6) is 0 Å². The van der Waals surface area contributed by atoms with Crippen LogP contribution in [0.2, 0.25) is 0 Å². The van der Waals surface area contributed by atoms with E-state index in [0.717, 1.165) is 18.4 Å². The van der Waals surface area contributed by atoms with E-state index >= 15 is 0 Å². The first-order chi connectivity index (χ1) is 10.0. The standard InChI is InChI=1S/C16H18N2O3/c1-3-17(11-7-8-11)13(19)9-18-14-10(2)5-4-6-12(14)15(20)16(18)21/h4-6,11H,3,7-9H2,1-2H3. The number of likely N-dealkylation sites (N-methyl/N-ethyl adjacent to an activating group) is 1. The van der Waals surface area contributed by atoms with E-state index in [-0.39, 0.29) is 12.5 Å². The van der Waals surface area contributed by atoms with Crippen LogP contribution in [0.25, 0.3) is 0 Å². The lowest BCUT2D eigenvalue weighted by molar-refractivity contribution is -0.131. The van der Waals surface area contributed by atoms with Crippen molar-refractivity contribution in [2.24, 2.45) is 0 Å². The molecule has 0 bridgehead atoms. The minimum Gasteiger partial charge on any atom is -0.338 e. The number of anilines is 1. The van der Waals surface area contributed by atoms with E-state index in [1.807, 2.05) is 19.9 Å². The summed E-state index contributed by atoms with van der Waals surface area (Å²) >= 11 is 0. The molecule has 5 heteroatoms. The molecule has 0 atom stereocenters. The summed E-state index contributed by atoms with van der Waals surface area (Å²) in [6.45, 7) is 4.37. The summed E-state index contributed by atoms with van der Waals surface area (Å²) < 4.78 is 0. The Labute approximate surface area is 123 Å². The summed E-state index contributed by atoms with van der Waals surface area (Å²) in [5.41, 5.74) is 1.84. The zero-order chi connectivity index (χ0) is 15.1. The van der Waals surface area contributed by atoms with Crippen LogP contribution in [0.15, 0.2) is 18.2 Å². The molecule has 2 amide bonds. The Morgan fingerprint density at radius 3 is 2.67 bits per heavy atom. The fraction of sp³-hybridized carbons (Fsp3) is 0.438. The van der Waals surface area contributed by atoms with Gasteiger partial charge in [0.25, 0.3) is 11.7 Å². The molecule has 5 nitrogen and oxygen atoms in total. The molecule has 0 saturated heterocycles. The smallest absolute Gasteiger partial charge is 0.299 e. The fourth-order valence-corrected chi connectivity index (χ4v) is 2.94. The van der Waals surface area contributed by atoms with Gasteiger partial charge in [-0.2, -0.15) is 0 Å². The number of carbonyl (C=O) groups excluding carboxylic acids is 3. The normalized spacial score (nSPS) is 17.1. The largest absolute Gasteiger partial charge is 0.338 e. The van der Waals surface area contributed by atoms with Crippen molar-refractivity contribution in [1.82, 2.24) is 4.90 Å². The number of ketones is 1. The lowest BCUT2D eigenvalue weighted by Gasteiger charge is -2.24. The molecule has 0 radical (unpaired) electrons. The van der Waals surface area contributed by atoms with E-state index in [2.05, 4.69) is 0 Å². The molecule has 1 fully saturated rings. The van der Waals surface area contributed by atoms with Gasteiger partial charge < -0.3 is 4.90 Å². The Morgan fingerprint density at radius 1 is 1.33 bits per heavy atom. The molecule has 0 aromatic heterocycles. The number of hydrogen-bond donors (Lipinski definition) is 0. The molecule has 3 rings (SSSR count). The number of para-hydroxylation sites is 1. The Balaban J connectivity index is 1.88. The van der Waals surface area contributed by atoms with E-state index in [1.165, 1.54) is 4.90 Å². The minimum absolute atomic E-state index is 0.0488. The number of hydrogen-bond acceptors (Lipinski definition) is 3. The highest BCUT2D eigenvalue weighted by Crippen LogP contribution is 2.33. The molecule has 0 unspecified atom stereocenters. The average molecular weight is 286 g/mol. The van der Waals surface area contributed by atoms with Gasteiger partial charge in [-0.15, -0.1) is 0 Å². The molecule has 1 aromatic rings. The zero-order valence-electron chi connectivity index (χ0n) is 12.3. The number of nitrogens with zero attached hydrogens (tertiary/aromatic N) is 2. The quantitative estimate of drug-likeness (QED) is 0.789. The number of fused-ring (bicyclic) bond motifs is 1. The third-order valence-corrected chi connectivity index (χ3v) is 4.13. The first kappa shape index (κ1) is 13.8. The predicted octanol–water partition coefficient (Wildman–Crippen LogP) is 1.54. The second kappa shape index (κ2) is 4.98. The van der Waals surface area contributed by atoms with Crippen LogP contribution in [0.4, 0.5) is 5.69 Å². The fourth-order valence-electron chi connectivity index (χ4n) is 2.94. The van der Waals surface area contributed by atoms with E-state index in [9.17, 15) is 14.4 Å². The van der Waals surface area contributed by atoms with Gasteiger partial charge in [-0.1, -0.05) is 12.1 Å². The summed E-state index contributed by atoms with van der Waals surface area (Å²) in [6, 6.07) is 5.56. The van der Waals surface area contributed by atoms with Crippen molar-refractivity contribution in [1.29, 1.82) is 0 Å². The first-order valence-electron chi connectivity index (χ1n) is 7.30. The zero-order valence-corrected chi connectivity index (χ0v) is 12.3. The monoisotopic (exact) mass is 286 g/mol. The summed E-state index contributed by atoms with van der Waals surface area (Å²) in [5, 5.41) is 0. The molecular formula is C16H18N2O3. The lowest BCUT2D eigenvalue weighted by Crippen LogP contribution is -2.43. The van der Waals surface area contributed by atoms with Crippen molar-refractivity contribution in [2.75, 3.05) is 18.0 Å². The van der Waals surface area contributed by atoms with Gasteiger partial charge >= 0.3 is 0 Å². The number of carbonyl (C=O) groups is 3. The molecule has 2 aliphatic rings. The van der Waals surface area contributed by atoms with Gasteiger partial charge in [0.1, 0.15) is 6.54 Å². The molecule has 1 aliphatic heterocycles. The molecular weight excluding hydrogens is 268 g/mol. The highest BCUT2D eigenvalue weighted by Gasteiger charge is 2.39. The van der Waals surface area contributed by atoms with E-state index in [0.29, 0.717) is 23.8 Å². The third kappa shape index (κ3) is 2.22. The number of benzene rings is 1. The minimum atomic E-state index is -0.598. The number of aryl methyl sites for hydroxylation is 1. The molecule has 1 aliphatic carbocycles. The second-order valence-corrected chi connectivity index (χ2v) is 5.60. The van der Waals surface area contributed by atoms with Crippen molar-refractivity contribution in [3.05, 3.63) is 29.3 Å². The van der Waals surface area contributed by atoms with Crippen molar-refractivity contribution < 1.29 is 14.4 Å². The highest BCUT2D eigenvalue weighted by molar-refractivity contribution is 6.52. The first-order valence-corrected chi connectivity index (χ1v) is 7.30. The van der Waals surface area contributed by atoms with Crippen molar-refractivity contribution >= 4 is 23.3 Å². The number of rotatable bonds is 4. The van der Waals surface area contributed by atoms with Crippen LogP contribution >= 0.6 is 0 Å². The number of amides is 2. The second-order valence-electron chi connectivity index (χ2n) is 5.60. The molecule has 1 heterocycles. The molecule has 0 spiro atoms. The van der Waals surface area contributed by atoms with Gasteiger partial charge in [-0.3, -0.25) is 19.3 Å². The number of Topliss-reactive ketones (excluding diaryl/α,β-unsaturated/α-hetero) is 1. The summed E-state index contributed by atoms with van der Waals surface area (Å²) in [4.78, 5) is 39.7. The van der Waals surface area contributed by atoms with Crippen LogP contribution in [-0.4, -0.2) is 41.6 Å². The topological polar surface area (TPSA) is 57.7 Å². The summed E-state index contributed by atoms with van der Waals surface area (Å²) in [5.74, 6) is -1.20. The maximum Gasteiger partial charge on any atom is 0.299 e. The Kier molecular flexibility index (Phi) is 3.27. The van der Waals surface area contributed by atoms with Gasteiger partial charge in [-0.05, 0) is 38.3 Å². The third-order valence-electron chi connectivity index (χ3n) is 4.13. The van der Waals surface area contributed by atoms with Crippen molar-refractivity contribution in [2.45, 2.75) is 32.7 Å². The Hall–Kier alpha value is -2.17. The molecule has 21 heavy (non-hydrogen) atoms. The van der Waals surface area contributed by atoms with Crippen LogP contribution in [0.3, 0.4) is 0 Å². The summed E-state index contributed by atoms with van der Waals surface area (Å²) in [6.07, 6.45) is 2.06. The molecule has 0 N–H and O–H groups in total. The van der Waals surface area contributed by atoms with Crippen LogP contribution in [0, 0.1) is 6.92 Å².